The number of nitrogens with zero attached hydrogens (tertiary/aromatic N) is 3. The number of benzene rings is 1. The zero-order chi connectivity index (χ0) is 22.2. The summed E-state index contributed by atoms with van der Waals surface area (Å²) in [7, 11) is -1.77. The number of para-hydroxylation sites is 1. The maximum atomic E-state index is 12.8. The molecular weight excluding hydrogens is 420 g/mol. The van der Waals surface area contributed by atoms with Crippen LogP contribution in [-0.2, 0) is 34.2 Å². The zero-order valence-corrected chi connectivity index (χ0v) is 18.4. The van der Waals surface area contributed by atoms with Crippen molar-refractivity contribution < 1.29 is 17.9 Å². The summed E-state index contributed by atoms with van der Waals surface area (Å²) in [5, 5.41) is 0. The molecule has 10 heteroatoms. The molecule has 1 aromatic carbocycles. The molecule has 9 nitrogen and oxygen atoms in total. The third kappa shape index (κ3) is 4.49. The fourth-order valence-corrected chi connectivity index (χ4v) is 5.02. The van der Waals surface area contributed by atoms with Crippen molar-refractivity contribution in [2.75, 3.05) is 33.0 Å². The van der Waals surface area contributed by atoms with Gasteiger partial charge in [-0.2, -0.15) is 4.31 Å². The van der Waals surface area contributed by atoms with E-state index in [2.05, 4.69) is 9.97 Å². The molecule has 0 bridgehead atoms. The molecule has 31 heavy (non-hydrogen) atoms. The number of rotatable bonds is 5. The van der Waals surface area contributed by atoms with Gasteiger partial charge in [0.1, 0.15) is 11.6 Å². The molecule has 1 aromatic heterocycles. The number of carbonyl (C=O) groups excluding carboxylic acids is 1. The van der Waals surface area contributed by atoms with Crippen LogP contribution in [0.4, 0.5) is 0 Å². The summed E-state index contributed by atoms with van der Waals surface area (Å²) in [5.74, 6) is 1.11. The summed E-state index contributed by atoms with van der Waals surface area (Å²) in [4.78, 5) is 34.6. The molecule has 1 N–H and O–H groups in total. The van der Waals surface area contributed by atoms with E-state index in [1.54, 1.807) is 12.0 Å². The average Bonchev–Trinajstić information content (AvgIpc) is 3.23. The minimum atomic E-state index is -3.35. The number of amides is 1. The van der Waals surface area contributed by atoms with E-state index in [0.29, 0.717) is 48.8 Å². The number of aromatic amines is 1. The van der Waals surface area contributed by atoms with Crippen molar-refractivity contribution in [2.45, 2.75) is 31.7 Å². The third-order valence-electron chi connectivity index (χ3n) is 5.99. The van der Waals surface area contributed by atoms with Crippen LogP contribution < -0.4 is 10.3 Å². The van der Waals surface area contributed by atoms with Gasteiger partial charge in [-0.1, -0.05) is 18.2 Å². The predicted octanol–water partition coefficient (Wildman–Crippen LogP) is 0.655. The molecule has 2 aliphatic heterocycles. The zero-order valence-electron chi connectivity index (χ0n) is 17.6. The molecule has 1 amide bonds. The summed E-state index contributed by atoms with van der Waals surface area (Å²) >= 11 is 0. The number of sulfonamides is 1. The third-order valence-corrected chi connectivity index (χ3v) is 7.24. The summed E-state index contributed by atoms with van der Waals surface area (Å²) < 4.78 is 30.5. The first-order chi connectivity index (χ1) is 14.8. The minimum absolute atomic E-state index is 0.00411. The van der Waals surface area contributed by atoms with Gasteiger partial charge in [0.15, 0.2) is 0 Å². The number of likely N-dealkylation sites (tertiary alicyclic amines) is 1. The van der Waals surface area contributed by atoms with Gasteiger partial charge in [0.25, 0.3) is 5.56 Å². The molecule has 166 valence electrons. The van der Waals surface area contributed by atoms with Gasteiger partial charge in [-0.3, -0.25) is 9.59 Å². The summed E-state index contributed by atoms with van der Waals surface area (Å²) in [5.41, 5.74) is 1.67. The largest absolute Gasteiger partial charge is 0.496 e. The Morgan fingerprint density at radius 2 is 2.06 bits per heavy atom. The maximum absolute atomic E-state index is 12.8. The van der Waals surface area contributed by atoms with Gasteiger partial charge in [0.05, 0.1) is 32.0 Å². The molecule has 1 fully saturated rings. The predicted molar refractivity (Wildman–Crippen MR) is 114 cm³/mol. The lowest BCUT2D eigenvalue weighted by Crippen LogP contribution is -2.39. The van der Waals surface area contributed by atoms with Crippen LogP contribution in [0.15, 0.2) is 29.1 Å². The Kier molecular flexibility index (Phi) is 5.85. The Morgan fingerprint density at radius 1 is 1.29 bits per heavy atom. The first-order valence-electron chi connectivity index (χ1n) is 10.2. The number of H-pyrrole nitrogens is 1. The Hall–Kier alpha value is -2.72. The molecule has 1 saturated heterocycles. The molecule has 4 rings (SSSR count). The second kappa shape index (κ2) is 8.43. The second-order valence-electron chi connectivity index (χ2n) is 8.04. The number of hydrogen-bond donors (Lipinski definition) is 1. The molecule has 1 atom stereocenters. The number of methoxy groups -OCH3 is 1. The van der Waals surface area contributed by atoms with Gasteiger partial charge < -0.3 is 14.6 Å². The van der Waals surface area contributed by atoms with Gasteiger partial charge >= 0.3 is 0 Å². The monoisotopic (exact) mass is 446 g/mol. The molecule has 0 radical (unpaired) electrons. The van der Waals surface area contributed by atoms with E-state index in [1.165, 1.54) is 4.31 Å². The van der Waals surface area contributed by atoms with E-state index in [-0.39, 0.29) is 36.9 Å². The Morgan fingerprint density at radius 3 is 2.81 bits per heavy atom. The van der Waals surface area contributed by atoms with Crippen LogP contribution in [0.2, 0.25) is 0 Å². The van der Waals surface area contributed by atoms with Gasteiger partial charge in [-0.05, 0) is 18.9 Å². The second-order valence-corrected chi connectivity index (χ2v) is 10.0. The topological polar surface area (TPSA) is 113 Å². The normalized spacial score (nSPS) is 19.3. The fourth-order valence-electron chi connectivity index (χ4n) is 4.24. The van der Waals surface area contributed by atoms with Crippen LogP contribution in [0.3, 0.4) is 0 Å². The fraction of sp³-hybridized carbons (Fsp3) is 0.476. The van der Waals surface area contributed by atoms with Crippen molar-refractivity contribution in [3.63, 3.8) is 0 Å². The maximum Gasteiger partial charge on any atom is 0.254 e. The van der Waals surface area contributed by atoms with Crippen molar-refractivity contribution >= 4 is 15.9 Å². The highest BCUT2D eigenvalue weighted by Gasteiger charge is 2.32. The quantitative estimate of drug-likeness (QED) is 0.722. The van der Waals surface area contributed by atoms with Crippen molar-refractivity contribution in [2.24, 2.45) is 0 Å². The lowest BCUT2D eigenvalue weighted by atomic mass is 10.1. The van der Waals surface area contributed by atoms with E-state index in [4.69, 9.17) is 4.74 Å². The molecule has 0 spiro atoms. The SMILES string of the molecule is COc1ccccc1CC(=O)N1CC[C@@H](c2nc3c(c(=O)[nH]2)CCN(S(C)(=O)=O)C3)C1. The number of ether oxygens (including phenoxy) is 1. The smallest absolute Gasteiger partial charge is 0.254 e. The standard InChI is InChI=1S/C21H26N4O5S/c1-30-18-6-4-3-5-14(18)11-19(26)24-9-7-15(12-24)20-22-17-13-25(31(2,28)29)10-8-16(17)21(27)23-20/h3-6,15H,7-13H2,1-2H3,(H,22,23,27)/t15-/m1/s1. The molecule has 0 unspecified atom stereocenters. The van der Waals surface area contributed by atoms with Gasteiger partial charge in [-0.25, -0.2) is 13.4 Å². The Labute approximate surface area is 181 Å². The molecule has 0 aliphatic carbocycles. The number of aromatic nitrogens is 2. The molecule has 3 heterocycles. The van der Waals surface area contributed by atoms with Crippen LogP contribution in [-0.4, -0.2) is 66.5 Å². The highest BCUT2D eigenvalue weighted by Crippen LogP contribution is 2.27. The molecular formula is C21H26N4O5S. The van der Waals surface area contributed by atoms with Crippen molar-refractivity contribution in [3.05, 3.63) is 57.3 Å². The van der Waals surface area contributed by atoms with Gasteiger partial charge in [0, 0.05) is 36.7 Å². The number of carbonyl (C=O) groups is 1. The van der Waals surface area contributed by atoms with Crippen molar-refractivity contribution in [3.8, 4) is 5.75 Å². The number of nitrogens with one attached hydrogen (secondary N) is 1. The van der Waals surface area contributed by atoms with E-state index in [0.717, 1.165) is 11.8 Å². The van der Waals surface area contributed by atoms with Gasteiger partial charge in [-0.15, -0.1) is 0 Å². The van der Waals surface area contributed by atoms with Crippen LogP contribution >= 0.6 is 0 Å². The van der Waals surface area contributed by atoms with E-state index in [1.807, 2.05) is 24.3 Å². The lowest BCUT2D eigenvalue weighted by molar-refractivity contribution is -0.129. The van der Waals surface area contributed by atoms with Crippen LogP contribution in [0.5, 0.6) is 5.75 Å². The summed E-state index contributed by atoms with van der Waals surface area (Å²) in [6.45, 7) is 1.43. The highest BCUT2D eigenvalue weighted by molar-refractivity contribution is 7.88. The first kappa shape index (κ1) is 21.5. The lowest BCUT2D eigenvalue weighted by Gasteiger charge is -2.26. The first-order valence-corrected chi connectivity index (χ1v) is 12.1. The van der Waals surface area contributed by atoms with Crippen LogP contribution in [0, 0.1) is 0 Å². The van der Waals surface area contributed by atoms with Crippen LogP contribution in [0.1, 0.15) is 35.0 Å². The highest BCUT2D eigenvalue weighted by atomic mass is 32.2. The van der Waals surface area contributed by atoms with Crippen molar-refractivity contribution in [1.29, 1.82) is 0 Å². The molecule has 0 saturated carbocycles. The molecule has 2 aromatic rings. The summed E-state index contributed by atoms with van der Waals surface area (Å²) in [6, 6.07) is 7.44. The van der Waals surface area contributed by atoms with E-state index >= 15 is 0 Å². The number of fused-ring (bicyclic) bond motifs is 1. The Balaban J connectivity index is 1.49. The van der Waals surface area contributed by atoms with Gasteiger partial charge in [0.2, 0.25) is 15.9 Å². The molecule has 2 aliphatic rings. The van der Waals surface area contributed by atoms with E-state index < -0.39 is 10.0 Å². The average molecular weight is 447 g/mol. The van der Waals surface area contributed by atoms with E-state index in [9.17, 15) is 18.0 Å². The minimum Gasteiger partial charge on any atom is -0.496 e. The number of hydrogen-bond acceptors (Lipinski definition) is 6. The Bertz CT molecular complexity index is 1160. The van der Waals surface area contributed by atoms with Crippen LogP contribution in [0.25, 0.3) is 0 Å². The summed E-state index contributed by atoms with van der Waals surface area (Å²) in [6.07, 6.45) is 2.44. The van der Waals surface area contributed by atoms with Crippen molar-refractivity contribution in [1.82, 2.24) is 19.2 Å².